The molecule has 1 N–H and O–H groups in total. The third-order valence-electron chi connectivity index (χ3n) is 2.53. The number of hydrogen-bond acceptors (Lipinski definition) is 2. The Hall–Kier alpha value is -0.860. The first-order valence-corrected chi connectivity index (χ1v) is 6.12. The molecule has 0 amide bonds. The van der Waals surface area contributed by atoms with Crippen LogP contribution < -0.4 is 5.32 Å². The molecule has 2 heteroatoms. The normalized spacial score (nSPS) is 11.0. The van der Waals surface area contributed by atoms with E-state index in [9.17, 15) is 0 Å². The van der Waals surface area contributed by atoms with E-state index < -0.39 is 0 Å². The molecule has 16 heavy (non-hydrogen) atoms. The largest absolute Gasteiger partial charge is 0.377 e. The van der Waals surface area contributed by atoms with E-state index in [1.54, 1.807) is 0 Å². The van der Waals surface area contributed by atoms with E-state index in [0.717, 1.165) is 26.2 Å². The fraction of sp³-hybridized carbons (Fsp3) is 0.571. The molecule has 0 unspecified atom stereocenters. The van der Waals surface area contributed by atoms with Gasteiger partial charge >= 0.3 is 0 Å². The molecule has 0 heterocycles. The summed E-state index contributed by atoms with van der Waals surface area (Å²) in [5.41, 5.74) is 2.71. The van der Waals surface area contributed by atoms with E-state index in [1.807, 2.05) is 6.92 Å². The number of hydrogen-bond donors (Lipinski definition) is 1. The van der Waals surface area contributed by atoms with Crippen molar-refractivity contribution in [3.63, 3.8) is 0 Å². The van der Waals surface area contributed by atoms with Gasteiger partial charge in [-0.3, -0.25) is 0 Å². The highest BCUT2D eigenvalue weighted by Gasteiger charge is 2.01. The van der Waals surface area contributed by atoms with Crippen molar-refractivity contribution in [2.45, 2.75) is 39.8 Å². The van der Waals surface area contributed by atoms with Gasteiger partial charge in [-0.2, -0.15) is 0 Å². The van der Waals surface area contributed by atoms with Crippen LogP contribution in [0.5, 0.6) is 0 Å². The molecular weight excluding hydrogens is 198 g/mol. The highest BCUT2D eigenvalue weighted by atomic mass is 16.5. The van der Waals surface area contributed by atoms with Crippen LogP contribution >= 0.6 is 0 Å². The average Bonchev–Trinajstić information content (AvgIpc) is 2.27. The average molecular weight is 221 g/mol. The standard InChI is InChI=1S/C14H23NO/c1-4-16-11-14-8-6-5-7-13(14)9-10-15-12(2)3/h5-8,12,15H,4,9-11H2,1-3H3. The molecule has 90 valence electrons. The van der Waals surface area contributed by atoms with Crippen LogP contribution in [-0.4, -0.2) is 19.2 Å². The minimum Gasteiger partial charge on any atom is -0.377 e. The van der Waals surface area contributed by atoms with Crippen LogP contribution in [0.2, 0.25) is 0 Å². The Labute approximate surface area is 99.0 Å². The Morgan fingerprint density at radius 1 is 1.19 bits per heavy atom. The third-order valence-corrected chi connectivity index (χ3v) is 2.53. The zero-order valence-corrected chi connectivity index (χ0v) is 10.6. The topological polar surface area (TPSA) is 21.3 Å². The van der Waals surface area contributed by atoms with E-state index in [-0.39, 0.29) is 0 Å². The summed E-state index contributed by atoms with van der Waals surface area (Å²) >= 11 is 0. The van der Waals surface area contributed by atoms with Crippen LogP contribution in [-0.2, 0) is 17.8 Å². The molecule has 0 saturated carbocycles. The van der Waals surface area contributed by atoms with Crippen molar-refractivity contribution in [3.8, 4) is 0 Å². The SMILES string of the molecule is CCOCc1ccccc1CCNC(C)C. The summed E-state index contributed by atoms with van der Waals surface area (Å²) in [6.45, 7) is 8.91. The molecule has 0 spiro atoms. The predicted molar refractivity (Wildman–Crippen MR) is 68.6 cm³/mol. The molecule has 0 atom stereocenters. The minimum atomic E-state index is 0.555. The molecule has 0 aromatic heterocycles. The fourth-order valence-electron chi connectivity index (χ4n) is 1.65. The first-order chi connectivity index (χ1) is 7.74. The first kappa shape index (κ1) is 13.2. The Morgan fingerprint density at radius 2 is 1.88 bits per heavy atom. The van der Waals surface area contributed by atoms with E-state index in [4.69, 9.17) is 4.74 Å². The lowest BCUT2D eigenvalue weighted by Gasteiger charge is -2.11. The molecule has 1 rings (SSSR count). The maximum Gasteiger partial charge on any atom is 0.0719 e. The second-order valence-electron chi connectivity index (χ2n) is 4.26. The van der Waals surface area contributed by atoms with Crippen molar-refractivity contribution in [3.05, 3.63) is 35.4 Å². The summed E-state index contributed by atoms with van der Waals surface area (Å²) in [4.78, 5) is 0. The quantitative estimate of drug-likeness (QED) is 0.764. The zero-order chi connectivity index (χ0) is 11.8. The van der Waals surface area contributed by atoms with Gasteiger partial charge in [-0.25, -0.2) is 0 Å². The summed E-state index contributed by atoms with van der Waals surface area (Å²) in [6, 6.07) is 9.07. The highest BCUT2D eigenvalue weighted by Crippen LogP contribution is 2.10. The van der Waals surface area contributed by atoms with Gasteiger partial charge < -0.3 is 10.1 Å². The Kier molecular flexibility index (Phi) is 6.12. The minimum absolute atomic E-state index is 0.555. The van der Waals surface area contributed by atoms with Gasteiger partial charge in [-0.1, -0.05) is 38.1 Å². The van der Waals surface area contributed by atoms with Crippen LogP contribution in [0.1, 0.15) is 31.9 Å². The lowest BCUT2D eigenvalue weighted by atomic mass is 10.1. The lowest BCUT2D eigenvalue weighted by molar-refractivity contribution is 0.133. The molecule has 0 radical (unpaired) electrons. The molecule has 1 aromatic carbocycles. The summed E-state index contributed by atoms with van der Waals surface area (Å²) < 4.78 is 5.47. The summed E-state index contributed by atoms with van der Waals surface area (Å²) in [7, 11) is 0. The van der Waals surface area contributed by atoms with Gasteiger partial charge in [0.15, 0.2) is 0 Å². The molecule has 2 nitrogen and oxygen atoms in total. The van der Waals surface area contributed by atoms with Crippen molar-refractivity contribution < 1.29 is 4.74 Å². The number of rotatable bonds is 7. The van der Waals surface area contributed by atoms with Gasteiger partial charge in [-0.15, -0.1) is 0 Å². The molecule has 0 fully saturated rings. The smallest absolute Gasteiger partial charge is 0.0719 e. The lowest BCUT2D eigenvalue weighted by Crippen LogP contribution is -2.25. The number of nitrogens with one attached hydrogen (secondary N) is 1. The summed E-state index contributed by atoms with van der Waals surface area (Å²) in [6.07, 6.45) is 1.07. The van der Waals surface area contributed by atoms with Crippen molar-refractivity contribution >= 4 is 0 Å². The van der Waals surface area contributed by atoms with Gasteiger partial charge in [0.2, 0.25) is 0 Å². The number of benzene rings is 1. The van der Waals surface area contributed by atoms with E-state index >= 15 is 0 Å². The molecule has 0 saturated heterocycles. The van der Waals surface area contributed by atoms with Crippen molar-refractivity contribution in [2.24, 2.45) is 0 Å². The second-order valence-corrected chi connectivity index (χ2v) is 4.26. The monoisotopic (exact) mass is 221 g/mol. The van der Waals surface area contributed by atoms with E-state index in [1.165, 1.54) is 11.1 Å². The molecule has 0 bridgehead atoms. The van der Waals surface area contributed by atoms with E-state index in [2.05, 4.69) is 43.4 Å². The Bertz CT molecular complexity index is 297. The predicted octanol–water partition coefficient (Wildman–Crippen LogP) is 2.76. The van der Waals surface area contributed by atoms with Gasteiger partial charge in [0.25, 0.3) is 0 Å². The molecular formula is C14H23NO. The molecule has 0 aliphatic rings. The van der Waals surface area contributed by atoms with Crippen LogP contribution in [0.4, 0.5) is 0 Å². The second kappa shape index (κ2) is 7.42. The Morgan fingerprint density at radius 3 is 2.50 bits per heavy atom. The van der Waals surface area contributed by atoms with Crippen molar-refractivity contribution in [1.29, 1.82) is 0 Å². The van der Waals surface area contributed by atoms with Crippen LogP contribution in [0.25, 0.3) is 0 Å². The van der Waals surface area contributed by atoms with Crippen LogP contribution in [0.15, 0.2) is 24.3 Å². The summed E-state index contributed by atoms with van der Waals surface area (Å²) in [5.74, 6) is 0. The maximum atomic E-state index is 5.47. The Balaban J connectivity index is 2.49. The van der Waals surface area contributed by atoms with Crippen LogP contribution in [0, 0.1) is 0 Å². The highest BCUT2D eigenvalue weighted by molar-refractivity contribution is 5.26. The number of ether oxygens (including phenoxy) is 1. The van der Waals surface area contributed by atoms with Gasteiger partial charge in [0.05, 0.1) is 6.61 Å². The fourth-order valence-corrected chi connectivity index (χ4v) is 1.65. The van der Waals surface area contributed by atoms with Gasteiger partial charge in [0.1, 0.15) is 0 Å². The van der Waals surface area contributed by atoms with E-state index in [0.29, 0.717) is 6.04 Å². The van der Waals surface area contributed by atoms with Crippen molar-refractivity contribution in [2.75, 3.05) is 13.2 Å². The zero-order valence-electron chi connectivity index (χ0n) is 10.6. The summed E-state index contributed by atoms with van der Waals surface area (Å²) in [5, 5.41) is 3.44. The van der Waals surface area contributed by atoms with Gasteiger partial charge in [0, 0.05) is 12.6 Å². The molecule has 1 aromatic rings. The molecule has 0 aliphatic carbocycles. The third kappa shape index (κ3) is 4.77. The molecule has 0 aliphatic heterocycles. The van der Waals surface area contributed by atoms with Crippen molar-refractivity contribution in [1.82, 2.24) is 5.32 Å². The van der Waals surface area contributed by atoms with Crippen LogP contribution in [0.3, 0.4) is 0 Å². The maximum absolute atomic E-state index is 5.47. The first-order valence-electron chi connectivity index (χ1n) is 6.12. The van der Waals surface area contributed by atoms with Gasteiger partial charge in [-0.05, 0) is 31.0 Å².